The number of carboxylic acid groups (broad SMARTS) is 1. The van der Waals surface area contributed by atoms with E-state index in [0.29, 0.717) is 22.5 Å². The third-order valence-electron chi connectivity index (χ3n) is 4.27. The normalized spacial score (nSPS) is 11.8. The average molecular weight is 324 g/mol. The van der Waals surface area contributed by atoms with Crippen LogP contribution in [0.25, 0.3) is 22.3 Å². The molecule has 4 nitrogen and oxygen atoms in total. The molecule has 0 amide bonds. The van der Waals surface area contributed by atoms with Gasteiger partial charge in [0.25, 0.3) is 0 Å². The molecule has 0 radical (unpaired) electrons. The zero-order valence-corrected chi connectivity index (χ0v) is 14.2. The number of carboxylic acids is 1. The highest BCUT2D eigenvalue weighted by Gasteiger charge is 2.27. The lowest BCUT2D eigenvalue weighted by atomic mass is 9.82. The van der Waals surface area contributed by atoms with Gasteiger partial charge in [0.1, 0.15) is 22.7 Å². The fourth-order valence-corrected chi connectivity index (χ4v) is 2.97. The summed E-state index contributed by atoms with van der Waals surface area (Å²) in [6.45, 7) is 7.50. The molecular weight excluding hydrogens is 304 g/mol. The van der Waals surface area contributed by atoms with Crippen molar-refractivity contribution in [2.75, 3.05) is 0 Å². The highest BCUT2D eigenvalue weighted by Crippen LogP contribution is 2.41. The second-order valence-corrected chi connectivity index (χ2v) is 7.02. The molecule has 3 rings (SSSR count). The number of aromatic carboxylic acids is 1. The molecule has 0 aliphatic heterocycles. The third-order valence-corrected chi connectivity index (χ3v) is 4.27. The number of benzene rings is 2. The van der Waals surface area contributed by atoms with E-state index < -0.39 is 11.4 Å². The van der Waals surface area contributed by atoms with Crippen LogP contribution >= 0.6 is 0 Å². The molecular formula is C20H20O4. The minimum absolute atomic E-state index is 0.0714. The highest BCUT2D eigenvalue weighted by atomic mass is 16.4. The Morgan fingerprint density at radius 1 is 1.12 bits per heavy atom. The van der Waals surface area contributed by atoms with Gasteiger partial charge in [0.15, 0.2) is 0 Å². The van der Waals surface area contributed by atoms with Gasteiger partial charge in [-0.2, -0.15) is 0 Å². The molecule has 0 atom stereocenters. The van der Waals surface area contributed by atoms with Crippen molar-refractivity contribution in [2.45, 2.75) is 33.1 Å². The number of para-hydroxylation sites is 1. The Labute approximate surface area is 140 Å². The fraction of sp³-hybridized carbons (Fsp3) is 0.250. The molecule has 2 N–H and O–H groups in total. The van der Waals surface area contributed by atoms with Crippen LogP contribution in [0.15, 0.2) is 40.8 Å². The minimum atomic E-state index is -1.14. The standard InChI is InChI=1S/C20H20O4/c1-11-13(16-9-12-7-5-6-8-15(12)24-16)10-14(20(2,3)4)18(21)17(11)19(22)23/h5-10,21H,1-4H3,(H,22,23). The van der Waals surface area contributed by atoms with Crippen LogP contribution in [0.4, 0.5) is 0 Å². The van der Waals surface area contributed by atoms with E-state index in [-0.39, 0.29) is 11.3 Å². The van der Waals surface area contributed by atoms with Crippen LogP contribution in [0.1, 0.15) is 42.3 Å². The third kappa shape index (κ3) is 2.54. The first kappa shape index (κ1) is 16.1. The average Bonchev–Trinajstić information content (AvgIpc) is 2.89. The van der Waals surface area contributed by atoms with Crippen LogP contribution < -0.4 is 0 Å². The Morgan fingerprint density at radius 3 is 2.38 bits per heavy atom. The molecule has 124 valence electrons. The molecule has 0 aliphatic rings. The van der Waals surface area contributed by atoms with Crippen molar-refractivity contribution < 1.29 is 19.4 Å². The lowest BCUT2D eigenvalue weighted by molar-refractivity contribution is 0.0692. The minimum Gasteiger partial charge on any atom is -0.507 e. The van der Waals surface area contributed by atoms with Crippen LogP contribution in [-0.4, -0.2) is 16.2 Å². The van der Waals surface area contributed by atoms with E-state index in [9.17, 15) is 15.0 Å². The first-order chi connectivity index (χ1) is 11.2. The van der Waals surface area contributed by atoms with Gasteiger partial charge in [0.05, 0.1) is 0 Å². The number of carbonyl (C=O) groups is 1. The summed E-state index contributed by atoms with van der Waals surface area (Å²) in [6, 6.07) is 11.4. The van der Waals surface area contributed by atoms with Crippen molar-refractivity contribution >= 4 is 16.9 Å². The van der Waals surface area contributed by atoms with Gasteiger partial charge < -0.3 is 14.6 Å². The molecule has 1 heterocycles. The number of hydrogen-bond donors (Lipinski definition) is 2. The predicted molar refractivity (Wildman–Crippen MR) is 93.7 cm³/mol. The van der Waals surface area contributed by atoms with Gasteiger partial charge in [-0.25, -0.2) is 4.79 Å². The van der Waals surface area contributed by atoms with E-state index in [1.54, 1.807) is 6.92 Å². The molecule has 24 heavy (non-hydrogen) atoms. The molecule has 3 aromatic rings. The zero-order chi connectivity index (χ0) is 17.6. The summed E-state index contributed by atoms with van der Waals surface area (Å²) in [4.78, 5) is 11.7. The summed E-state index contributed by atoms with van der Waals surface area (Å²) in [6.07, 6.45) is 0. The Hall–Kier alpha value is -2.75. The Bertz CT molecular complexity index is 909. The second kappa shape index (κ2) is 5.41. The summed E-state index contributed by atoms with van der Waals surface area (Å²) in [5.41, 5.74) is 2.04. The number of hydrogen-bond acceptors (Lipinski definition) is 3. The zero-order valence-electron chi connectivity index (χ0n) is 14.2. The van der Waals surface area contributed by atoms with Crippen LogP contribution in [0.5, 0.6) is 5.75 Å². The monoisotopic (exact) mass is 324 g/mol. The molecule has 1 aromatic heterocycles. The van der Waals surface area contributed by atoms with E-state index in [1.165, 1.54) is 0 Å². The van der Waals surface area contributed by atoms with Gasteiger partial charge in [0, 0.05) is 16.5 Å². The number of phenols is 1. The van der Waals surface area contributed by atoms with E-state index >= 15 is 0 Å². The Kier molecular flexibility index (Phi) is 3.63. The summed E-state index contributed by atoms with van der Waals surface area (Å²) in [7, 11) is 0. The lowest BCUT2D eigenvalue weighted by Crippen LogP contribution is -2.15. The number of aromatic hydroxyl groups is 1. The largest absolute Gasteiger partial charge is 0.507 e. The van der Waals surface area contributed by atoms with Crippen LogP contribution in [0.2, 0.25) is 0 Å². The van der Waals surface area contributed by atoms with Gasteiger partial charge in [-0.15, -0.1) is 0 Å². The molecule has 0 unspecified atom stereocenters. The van der Waals surface area contributed by atoms with Crippen LogP contribution in [-0.2, 0) is 5.41 Å². The predicted octanol–water partition coefficient (Wildman–Crippen LogP) is 5.11. The van der Waals surface area contributed by atoms with Crippen molar-refractivity contribution in [3.63, 3.8) is 0 Å². The quantitative estimate of drug-likeness (QED) is 0.687. The van der Waals surface area contributed by atoms with Crippen molar-refractivity contribution in [3.8, 4) is 17.1 Å². The molecule has 0 bridgehead atoms. The maximum Gasteiger partial charge on any atom is 0.339 e. The molecule has 4 heteroatoms. The molecule has 0 saturated carbocycles. The van der Waals surface area contributed by atoms with Crippen molar-refractivity contribution in [3.05, 3.63) is 53.1 Å². The van der Waals surface area contributed by atoms with Crippen LogP contribution in [0, 0.1) is 6.92 Å². The topological polar surface area (TPSA) is 70.7 Å². The van der Waals surface area contributed by atoms with Gasteiger partial charge in [-0.1, -0.05) is 39.0 Å². The van der Waals surface area contributed by atoms with Gasteiger partial charge in [-0.05, 0) is 36.1 Å². The lowest BCUT2D eigenvalue weighted by Gasteiger charge is -2.23. The fourth-order valence-electron chi connectivity index (χ4n) is 2.97. The first-order valence-electron chi connectivity index (χ1n) is 7.79. The SMILES string of the molecule is Cc1c(-c2cc3ccccc3o2)cc(C(C)(C)C)c(O)c1C(=O)O. The van der Waals surface area contributed by atoms with E-state index in [0.717, 1.165) is 11.0 Å². The van der Waals surface area contributed by atoms with E-state index in [4.69, 9.17) is 4.42 Å². The molecule has 0 fully saturated rings. The summed E-state index contributed by atoms with van der Waals surface area (Å²) < 4.78 is 5.90. The number of furan rings is 1. The first-order valence-corrected chi connectivity index (χ1v) is 7.79. The highest BCUT2D eigenvalue weighted by molar-refractivity contribution is 5.96. The molecule has 0 spiro atoms. The van der Waals surface area contributed by atoms with E-state index in [1.807, 2.05) is 57.2 Å². The summed E-state index contributed by atoms with van der Waals surface area (Å²) >= 11 is 0. The van der Waals surface area contributed by atoms with Gasteiger partial charge in [-0.3, -0.25) is 0 Å². The van der Waals surface area contributed by atoms with Crippen LogP contribution in [0.3, 0.4) is 0 Å². The Balaban J connectivity index is 2.35. The number of fused-ring (bicyclic) bond motifs is 1. The molecule has 0 aliphatic carbocycles. The van der Waals surface area contributed by atoms with Crippen molar-refractivity contribution in [2.24, 2.45) is 0 Å². The molecule has 2 aromatic carbocycles. The maximum atomic E-state index is 11.7. The smallest absolute Gasteiger partial charge is 0.339 e. The molecule has 0 saturated heterocycles. The van der Waals surface area contributed by atoms with Gasteiger partial charge >= 0.3 is 5.97 Å². The number of rotatable bonds is 2. The summed E-state index contributed by atoms with van der Waals surface area (Å²) in [5.74, 6) is -0.720. The van der Waals surface area contributed by atoms with Crippen molar-refractivity contribution in [1.82, 2.24) is 0 Å². The van der Waals surface area contributed by atoms with Gasteiger partial charge in [0.2, 0.25) is 0 Å². The maximum absolute atomic E-state index is 11.7. The van der Waals surface area contributed by atoms with E-state index in [2.05, 4.69) is 0 Å². The Morgan fingerprint density at radius 2 is 1.79 bits per heavy atom. The summed E-state index contributed by atoms with van der Waals surface area (Å²) in [5, 5.41) is 21.0. The van der Waals surface area contributed by atoms with Crippen molar-refractivity contribution in [1.29, 1.82) is 0 Å². The second-order valence-electron chi connectivity index (χ2n) is 7.02.